The maximum Gasteiger partial charge on any atom is 0.256 e. The number of anilines is 1. The molecule has 0 saturated heterocycles. The zero-order valence-electron chi connectivity index (χ0n) is 14.5. The van der Waals surface area contributed by atoms with E-state index in [1.54, 1.807) is 25.6 Å². The minimum Gasteiger partial charge on any atom is -0.493 e. The van der Waals surface area contributed by atoms with Crippen molar-refractivity contribution < 1.29 is 14.3 Å². The van der Waals surface area contributed by atoms with Crippen molar-refractivity contribution in [2.75, 3.05) is 33.1 Å². The first kappa shape index (κ1) is 16.2. The second kappa shape index (κ2) is 6.24. The SMILES string of the molecule is COc1ccc(C2NC(=O)c3c(sc4c3CCN(C)C4)N2)cc1OC. The van der Waals surface area contributed by atoms with Crippen molar-refractivity contribution in [1.29, 1.82) is 0 Å². The monoisotopic (exact) mass is 359 g/mol. The Morgan fingerprint density at radius 3 is 2.76 bits per heavy atom. The fraction of sp³-hybridized carbons (Fsp3) is 0.389. The van der Waals surface area contributed by atoms with E-state index >= 15 is 0 Å². The highest BCUT2D eigenvalue weighted by Gasteiger charge is 2.33. The van der Waals surface area contributed by atoms with Gasteiger partial charge >= 0.3 is 0 Å². The number of ether oxygens (including phenoxy) is 2. The van der Waals surface area contributed by atoms with Crippen LogP contribution in [0.15, 0.2) is 18.2 Å². The molecule has 1 atom stereocenters. The number of methoxy groups -OCH3 is 2. The van der Waals surface area contributed by atoms with Crippen LogP contribution in [0.5, 0.6) is 11.5 Å². The summed E-state index contributed by atoms with van der Waals surface area (Å²) >= 11 is 1.69. The second-order valence-electron chi connectivity index (χ2n) is 6.36. The number of thiophene rings is 1. The van der Waals surface area contributed by atoms with Gasteiger partial charge in [-0.05, 0) is 36.7 Å². The lowest BCUT2D eigenvalue weighted by molar-refractivity contribution is 0.0935. The molecule has 0 aliphatic carbocycles. The van der Waals surface area contributed by atoms with Crippen molar-refractivity contribution in [1.82, 2.24) is 10.2 Å². The number of rotatable bonds is 3. The second-order valence-corrected chi connectivity index (χ2v) is 7.47. The molecule has 1 aromatic carbocycles. The summed E-state index contributed by atoms with van der Waals surface area (Å²) in [7, 11) is 5.33. The predicted octanol–water partition coefficient (Wildman–Crippen LogP) is 2.61. The van der Waals surface area contributed by atoms with Gasteiger partial charge in [0.05, 0.1) is 19.8 Å². The molecule has 2 aliphatic heterocycles. The lowest BCUT2D eigenvalue weighted by atomic mass is 10.0. The molecule has 2 N–H and O–H groups in total. The number of carbonyl (C=O) groups excluding carboxylic acids is 1. The number of fused-ring (bicyclic) bond motifs is 3. The van der Waals surface area contributed by atoms with E-state index in [1.165, 1.54) is 10.4 Å². The van der Waals surface area contributed by atoms with Crippen molar-refractivity contribution in [2.45, 2.75) is 19.1 Å². The Kier molecular flexibility index (Phi) is 4.05. The minimum atomic E-state index is -0.280. The molecule has 1 unspecified atom stereocenters. The van der Waals surface area contributed by atoms with Gasteiger partial charge in [0, 0.05) is 18.0 Å². The Bertz CT molecular complexity index is 833. The van der Waals surface area contributed by atoms with Crippen LogP contribution in [0.2, 0.25) is 0 Å². The number of nitrogens with one attached hydrogen (secondary N) is 2. The molecule has 7 heteroatoms. The Labute approximate surface area is 150 Å². The molecule has 0 radical (unpaired) electrons. The molecule has 0 saturated carbocycles. The van der Waals surface area contributed by atoms with Crippen LogP contribution < -0.4 is 20.1 Å². The van der Waals surface area contributed by atoms with Crippen molar-refractivity contribution in [3.63, 3.8) is 0 Å². The number of carbonyl (C=O) groups is 1. The third-order valence-electron chi connectivity index (χ3n) is 4.77. The number of amides is 1. The number of likely N-dealkylation sites (N-methyl/N-ethyl adjacent to an activating group) is 1. The van der Waals surface area contributed by atoms with Crippen LogP contribution in [0.25, 0.3) is 0 Å². The summed E-state index contributed by atoms with van der Waals surface area (Å²) in [6.07, 6.45) is 0.644. The summed E-state index contributed by atoms with van der Waals surface area (Å²) in [6, 6.07) is 5.68. The highest BCUT2D eigenvalue weighted by molar-refractivity contribution is 7.16. The molecular weight excluding hydrogens is 338 g/mol. The van der Waals surface area contributed by atoms with E-state index in [2.05, 4.69) is 22.6 Å². The van der Waals surface area contributed by atoms with Crippen LogP contribution in [-0.2, 0) is 13.0 Å². The molecule has 4 rings (SSSR count). The van der Waals surface area contributed by atoms with Crippen LogP contribution in [-0.4, -0.2) is 38.6 Å². The number of benzene rings is 1. The van der Waals surface area contributed by atoms with Crippen LogP contribution in [0.3, 0.4) is 0 Å². The Morgan fingerprint density at radius 1 is 1.20 bits per heavy atom. The zero-order chi connectivity index (χ0) is 17.6. The molecule has 132 valence electrons. The first-order chi connectivity index (χ1) is 12.1. The smallest absolute Gasteiger partial charge is 0.256 e. The fourth-order valence-corrected chi connectivity index (χ4v) is 4.80. The largest absolute Gasteiger partial charge is 0.493 e. The van der Waals surface area contributed by atoms with Gasteiger partial charge in [0.1, 0.15) is 11.2 Å². The summed E-state index contributed by atoms with van der Waals surface area (Å²) in [4.78, 5) is 16.3. The van der Waals surface area contributed by atoms with Crippen LogP contribution in [0.1, 0.15) is 32.5 Å². The molecule has 0 fully saturated rings. The zero-order valence-corrected chi connectivity index (χ0v) is 15.3. The Balaban J connectivity index is 1.67. The lowest BCUT2D eigenvalue weighted by Gasteiger charge is -2.27. The Morgan fingerprint density at radius 2 is 2.00 bits per heavy atom. The molecule has 2 aliphatic rings. The van der Waals surface area contributed by atoms with E-state index < -0.39 is 0 Å². The van der Waals surface area contributed by atoms with Crippen LogP contribution in [0.4, 0.5) is 5.00 Å². The molecule has 1 amide bonds. The summed E-state index contributed by atoms with van der Waals surface area (Å²) in [6.45, 7) is 1.89. The Hall–Kier alpha value is -2.25. The first-order valence-electron chi connectivity index (χ1n) is 8.23. The van der Waals surface area contributed by atoms with Gasteiger partial charge in [0.15, 0.2) is 11.5 Å². The van der Waals surface area contributed by atoms with E-state index in [9.17, 15) is 4.79 Å². The third kappa shape index (κ3) is 2.73. The van der Waals surface area contributed by atoms with Gasteiger partial charge in [-0.25, -0.2) is 0 Å². The van der Waals surface area contributed by atoms with Gasteiger partial charge in [-0.2, -0.15) is 0 Å². The molecular formula is C18H21N3O3S. The quantitative estimate of drug-likeness (QED) is 0.882. The third-order valence-corrected chi connectivity index (χ3v) is 5.91. The highest BCUT2D eigenvalue weighted by Crippen LogP contribution is 2.41. The molecule has 0 spiro atoms. The fourth-order valence-electron chi connectivity index (χ4n) is 3.44. The summed E-state index contributed by atoms with van der Waals surface area (Å²) in [5.41, 5.74) is 2.96. The number of hydrogen-bond acceptors (Lipinski definition) is 6. The van der Waals surface area contributed by atoms with Crippen molar-refractivity contribution >= 4 is 22.2 Å². The van der Waals surface area contributed by atoms with Crippen LogP contribution >= 0.6 is 11.3 Å². The molecule has 1 aromatic heterocycles. The van der Waals surface area contributed by atoms with E-state index in [0.29, 0.717) is 11.5 Å². The molecule has 0 bridgehead atoms. The summed E-state index contributed by atoms with van der Waals surface area (Å²) < 4.78 is 10.7. The summed E-state index contributed by atoms with van der Waals surface area (Å²) in [5.74, 6) is 1.31. The van der Waals surface area contributed by atoms with E-state index in [-0.39, 0.29) is 12.1 Å². The van der Waals surface area contributed by atoms with Crippen LogP contribution in [0, 0.1) is 0 Å². The van der Waals surface area contributed by atoms with Gasteiger partial charge in [-0.3, -0.25) is 4.79 Å². The van der Waals surface area contributed by atoms with Crippen molar-refractivity contribution in [3.8, 4) is 11.5 Å². The maximum absolute atomic E-state index is 12.7. The van der Waals surface area contributed by atoms with Crippen molar-refractivity contribution in [3.05, 3.63) is 39.8 Å². The van der Waals surface area contributed by atoms with E-state index in [0.717, 1.165) is 35.6 Å². The van der Waals surface area contributed by atoms with Gasteiger partial charge < -0.3 is 25.0 Å². The number of nitrogens with zero attached hydrogens (tertiary/aromatic N) is 1. The van der Waals surface area contributed by atoms with E-state index in [1.807, 2.05) is 18.2 Å². The maximum atomic E-state index is 12.7. The topological polar surface area (TPSA) is 62.8 Å². The van der Waals surface area contributed by atoms with Gasteiger partial charge in [0.2, 0.25) is 0 Å². The first-order valence-corrected chi connectivity index (χ1v) is 9.04. The average molecular weight is 359 g/mol. The van der Waals surface area contributed by atoms with Gasteiger partial charge in [-0.15, -0.1) is 11.3 Å². The standard InChI is InChI=1S/C18H21N3O3S/c1-21-7-6-11-14(9-21)25-18-15(11)17(22)19-16(20-18)10-4-5-12(23-2)13(8-10)24-3/h4-5,8,16,20H,6-7,9H2,1-3H3,(H,19,22). The van der Waals surface area contributed by atoms with Gasteiger partial charge in [-0.1, -0.05) is 6.07 Å². The normalized spacial score (nSPS) is 19.5. The molecule has 3 heterocycles. The molecule has 25 heavy (non-hydrogen) atoms. The van der Waals surface area contributed by atoms with E-state index in [4.69, 9.17) is 9.47 Å². The summed E-state index contributed by atoms with van der Waals surface area (Å²) in [5, 5.41) is 7.51. The minimum absolute atomic E-state index is 0.00409. The molecule has 2 aromatic rings. The van der Waals surface area contributed by atoms with Crippen molar-refractivity contribution in [2.24, 2.45) is 0 Å². The molecule has 6 nitrogen and oxygen atoms in total. The van der Waals surface area contributed by atoms with Gasteiger partial charge in [0.25, 0.3) is 5.91 Å². The predicted molar refractivity (Wildman–Crippen MR) is 97.7 cm³/mol. The highest BCUT2D eigenvalue weighted by atomic mass is 32.1. The average Bonchev–Trinajstić information content (AvgIpc) is 2.98. The lowest BCUT2D eigenvalue weighted by Crippen LogP contribution is -2.38. The number of hydrogen-bond donors (Lipinski definition) is 2.